The Morgan fingerprint density at radius 3 is 2.88 bits per heavy atom. The number of carbonyl (C=O) groups is 1. The van der Waals surface area contributed by atoms with Gasteiger partial charge in [0.05, 0.1) is 36.4 Å². The van der Waals surface area contributed by atoms with E-state index in [4.69, 9.17) is 14.1 Å². The lowest BCUT2D eigenvalue weighted by atomic mass is 9.97. The Bertz CT molecular complexity index is 1410. The van der Waals surface area contributed by atoms with Gasteiger partial charge in [-0.2, -0.15) is 5.10 Å². The Hall–Kier alpha value is -3.37. The van der Waals surface area contributed by atoms with Gasteiger partial charge in [-0.25, -0.2) is 10.4 Å². The Morgan fingerprint density at radius 1 is 1.29 bits per heavy atom. The van der Waals surface area contributed by atoms with E-state index < -0.39 is 0 Å². The molecule has 0 aliphatic heterocycles. The Morgan fingerprint density at radius 2 is 2.12 bits per heavy atom. The van der Waals surface area contributed by atoms with E-state index >= 15 is 0 Å². The molecule has 34 heavy (non-hydrogen) atoms. The number of benzene rings is 1. The van der Waals surface area contributed by atoms with E-state index in [0.29, 0.717) is 27.7 Å². The summed E-state index contributed by atoms with van der Waals surface area (Å²) in [5.74, 6) is 0.972. The molecule has 3 heterocycles. The topological polar surface area (TPSA) is 98.7 Å². The molecule has 0 saturated heterocycles. The Kier molecular flexibility index (Phi) is 6.50. The van der Waals surface area contributed by atoms with Gasteiger partial charge in [-0.15, -0.1) is 11.3 Å². The van der Waals surface area contributed by atoms with E-state index in [2.05, 4.69) is 10.5 Å². The first-order valence-electron chi connectivity index (χ1n) is 10.8. The van der Waals surface area contributed by atoms with Crippen LogP contribution in [-0.2, 0) is 17.6 Å². The minimum absolute atomic E-state index is 0.0503. The van der Waals surface area contributed by atoms with Gasteiger partial charge in [0.15, 0.2) is 5.16 Å². The van der Waals surface area contributed by atoms with Crippen LogP contribution in [0.15, 0.2) is 62.1 Å². The molecule has 1 N–H and O–H groups in total. The molecule has 4 aromatic rings. The summed E-state index contributed by atoms with van der Waals surface area (Å²) >= 11 is 2.79. The summed E-state index contributed by atoms with van der Waals surface area (Å²) in [6.45, 7) is 0. The van der Waals surface area contributed by atoms with Crippen molar-refractivity contribution in [2.45, 2.75) is 30.8 Å². The van der Waals surface area contributed by atoms with E-state index in [0.717, 1.165) is 36.1 Å². The monoisotopic (exact) mass is 494 g/mol. The highest BCUT2D eigenvalue weighted by molar-refractivity contribution is 7.99. The van der Waals surface area contributed by atoms with E-state index in [1.54, 1.807) is 47.3 Å². The number of nitrogens with zero attached hydrogens (tertiary/aromatic N) is 3. The molecular weight excluding hydrogens is 472 g/mol. The molecule has 174 valence electrons. The van der Waals surface area contributed by atoms with Crippen LogP contribution in [0.25, 0.3) is 15.9 Å². The lowest BCUT2D eigenvalue weighted by molar-refractivity contribution is -0.118. The van der Waals surface area contributed by atoms with Gasteiger partial charge >= 0.3 is 0 Å². The third kappa shape index (κ3) is 4.51. The van der Waals surface area contributed by atoms with Crippen molar-refractivity contribution in [2.75, 3.05) is 12.9 Å². The van der Waals surface area contributed by atoms with Gasteiger partial charge in [0.2, 0.25) is 0 Å². The highest BCUT2D eigenvalue weighted by atomic mass is 32.2. The maximum absolute atomic E-state index is 13.7. The minimum atomic E-state index is -0.311. The van der Waals surface area contributed by atoms with Gasteiger partial charge in [0.25, 0.3) is 11.5 Å². The fourth-order valence-corrected chi connectivity index (χ4v) is 6.04. The van der Waals surface area contributed by atoms with Crippen molar-refractivity contribution < 1.29 is 13.9 Å². The summed E-state index contributed by atoms with van der Waals surface area (Å²) in [6, 6.07) is 10.7. The van der Waals surface area contributed by atoms with Crippen LogP contribution in [0.2, 0.25) is 0 Å². The molecule has 3 aromatic heterocycles. The average molecular weight is 495 g/mol. The molecule has 5 rings (SSSR count). The number of thioether (sulfide) groups is 1. The number of aryl methyl sites for hydroxylation is 2. The zero-order valence-electron chi connectivity index (χ0n) is 18.4. The molecule has 1 aliphatic carbocycles. The van der Waals surface area contributed by atoms with E-state index in [1.165, 1.54) is 29.1 Å². The van der Waals surface area contributed by atoms with Crippen LogP contribution >= 0.6 is 23.1 Å². The fraction of sp³-hybridized carbons (Fsp3) is 0.250. The average Bonchev–Trinajstić information content (AvgIpc) is 3.50. The normalized spacial score (nSPS) is 13.3. The zero-order valence-corrected chi connectivity index (χ0v) is 20.1. The molecule has 0 unspecified atom stereocenters. The number of amides is 1. The van der Waals surface area contributed by atoms with Gasteiger partial charge in [-0.05, 0) is 67.6 Å². The molecule has 1 aromatic carbocycles. The smallest absolute Gasteiger partial charge is 0.267 e. The first kappa shape index (κ1) is 22.4. The lowest BCUT2D eigenvalue weighted by Gasteiger charge is -2.14. The maximum Gasteiger partial charge on any atom is 0.267 e. The van der Waals surface area contributed by atoms with Crippen molar-refractivity contribution in [3.05, 3.63) is 69.2 Å². The van der Waals surface area contributed by atoms with Gasteiger partial charge < -0.3 is 9.15 Å². The first-order valence-corrected chi connectivity index (χ1v) is 12.6. The van der Waals surface area contributed by atoms with Crippen LogP contribution in [0.3, 0.4) is 0 Å². The quantitative estimate of drug-likeness (QED) is 0.179. The van der Waals surface area contributed by atoms with Crippen LogP contribution < -0.4 is 15.7 Å². The first-order chi connectivity index (χ1) is 16.6. The molecule has 0 radical (unpaired) electrons. The van der Waals surface area contributed by atoms with Gasteiger partial charge in [0, 0.05) is 4.88 Å². The van der Waals surface area contributed by atoms with Crippen molar-refractivity contribution in [1.82, 2.24) is 15.0 Å². The van der Waals surface area contributed by atoms with Gasteiger partial charge in [0.1, 0.15) is 16.3 Å². The highest BCUT2D eigenvalue weighted by Gasteiger charge is 2.23. The number of aromatic nitrogens is 2. The standard InChI is InChI=1S/C24H22N4O4S2/c1-31-16-10-8-15(9-11-16)28-23(30)21-18-6-2-3-7-19(18)34-22(21)26-24(28)33-14-20(29)27-25-13-17-5-4-12-32-17/h4-5,8-13H,2-3,6-7,14H2,1H3,(H,27,29). The number of furan rings is 1. The third-order valence-electron chi connectivity index (χ3n) is 5.55. The van der Waals surface area contributed by atoms with Crippen molar-refractivity contribution in [3.63, 3.8) is 0 Å². The Balaban J connectivity index is 1.47. The lowest BCUT2D eigenvalue weighted by Crippen LogP contribution is -2.24. The molecule has 0 bridgehead atoms. The number of nitrogens with one attached hydrogen (secondary N) is 1. The molecule has 0 atom stereocenters. The SMILES string of the molecule is COc1ccc(-n2c(SCC(=O)NN=Cc3ccco3)nc3sc4c(c3c2=O)CCCC4)cc1. The second kappa shape index (κ2) is 9.86. The summed E-state index contributed by atoms with van der Waals surface area (Å²) in [5.41, 5.74) is 4.18. The molecule has 0 saturated carbocycles. The van der Waals surface area contributed by atoms with Crippen LogP contribution in [0.1, 0.15) is 29.0 Å². The summed E-state index contributed by atoms with van der Waals surface area (Å²) in [6.07, 6.45) is 7.05. The molecule has 1 aliphatic rings. The summed E-state index contributed by atoms with van der Waals surface area (Å²) in [7, 11) is 1.60. The second-order valence-corrected chi connectivity index (χ2v) is 9.75. The number of hydrogen-bond donors (Lipinski definition) is 1. The van der Waals surface area contributed by atoms with Crippen LogP contribution in [0.5, 0.6) is 5.75 Å². The summed E-state index contributed by atoms with van der Waals surface area (Å²) in [5, 5.41) is 5.07. The largest absolute Gasteiger partial charge is 0.497 e. The number of rotatable bonds is 7. The van der Waals surface area contributed by atoms with Crippen molar-refractivity contribution >= 4 is 45.4 Å². The van der Waals surface area contributed by atoms with Gasteiger partial charge in [-0.1, -0.05) is 11.8 Å². The van der Waals surface area contributed by atoms with Crippen LogP contribution in [0.4, 0.5) is 0 Å². The van der Waals surface area contributed by atoms with Crippen molar-refractivity contribution in [1.29, 1.82) is 0 Å². The number of hydrazone groups is 1. The molecule has 0 fully saturated rings. The van der Waals surface area contributed by atoms with E-state index in [1.807, 2.05) is 12.1 Å². The summed E-state index contributed by atoms with van der Waals surface area (Å²) < 4.78 is 12.0. The van der Waals surface area contributed by atoms with E-state index in [9.17, 15) is 9.59 Å². The molecule has 10 heteroatoms. The molecule has 0 spiro atoms. The third-order valence-corrected chi connectivity index (χ3v) is 7.67. The minimum Gasteiger partial charge on any atom is -0.497 e. The second-order valence-electron chi connectivity index (χ2n) is 7.72. The number of hydrogen-bond acceptors (Lipinski definition) is 8. The number of thiophene rings is 1. The number of fused-ring (bicyclic) bond motifs is 3. The van der Waals surface area contributed by atoms with Crippen molar-refractivity contribution in [2.24, 2.45) is 5.10 Å². The van der Waals surface area contributed by atoms with Crippen LogP contribution in [-0.4, -0.2) is 34.5 Å². The van der Waals surface area contributed by atoms with Crippen LogP contribution in [0, 0.1) is 0 Å². The fourth-order valence-electron chi connectivity index (χ4n) is 3.94. The predicted octanol–water partition coefficient (Wildman–Crippen LogP) is 4.17. The molecule has 8 nitrogen and oxygen atoms in total. The maximum atomic E-state index is 13.7. The Labute approximate surface area is 203 Å². The zero-order chi connectivity index (χ0) is 23.5. The molecule has 1 amide bonds. The number of methoxy groups -OCH3 is 1. The van der Waals surface area contributed by atoms with E-state index in [-0.39, 0.29) is 17.2 Å². The highest BCUT2D eigenvalue weighted by Crippen LogP contribution is 2.35. The number of carbonyl (C=O) groups excluding carboxylic acids is 1. The predicted molar refractivity (Wildman–Crippen MR) is 134 cm³/mol. The van der Waals surface area contributed by atoms with Crippen molar-refractivity contribution in [3.8, 4) is 11.4 Å². The van der Waals surface area contributed by atoms with Gasteiger partial charge in [-0.3, -0.25) is 14.2 Å². The molecular formula is C24H22N4O4S2. The number of ether oxygens (including phenoxy) is 1. The summed E-state index contributed by atoms with van der Waals surface area (Å²) in [4.78, 5) is 32.9.